The molecule has 0 aliphatic carbocycles. The quantitative estimate of drug-likeness (QED) is 0.807. The molecule has 0 saturated carbocycles. The number of hydrogen-bond acceptors (Lipinski definition) is 2. The normalized spacial score (nSPS) is 10.1. The molecule has 2 N–H and O–H groups in total. The summed E-state index contributed by atoms with van der Waals surface area (Å²) in [5.41, 5.74) is 8.17. The standard InChI is InChI=1S/C14H15N3/c1-2-10-17-11-16-13(14(17)15)9-8-12-6-4-3-5-7-12/h1,3-7,11H,8-10,15H2. The van der Waals surface area contributed by atoms with E-state index in [2.05, 4.69) is 23.0 Å². The number of benzene rings is 1. The van der Waals surface area contributed by atoms with E-state index in [4.69, 9.17) is 12.2 Å². The largest absolute Gasteiger partial charge is 0.384 e. The highest BCUT2D eigenvalue weighted by Crippen LogP contribution is 2.13. The molecule has 86 valence electrons. The van der Waals surface area contributed by atoms with Crippen molar-refractivity contribution in [3.05, 3.63) is 47.9 Å². The number of aryl methyl sites for hydroxylation is 2. The van der Waals surface area contributed by atoms with Crippen LogP contribution in [0.3, 0.4) is 0 Å². The maximum Gasteiger partial charge on any atom is 0.127 e. The summed E-state index contributed by atoms with van der Waals surface area (Å²) >= 11 is 0. The monoisotopic (exact) mass is 225 g/mol. The summed E-state index contributed by atoms with van der Waals surface area (Å²) in [5, 5.41) is 0. The summed E-state index contributed by atoms with van der Waals surface area (Å²) in [5.74, 6) is 3.23. The van der Waals surface area contributed by atoms with Gasteiger partial charge in [-0.05, 0) is 18.4 Å². The highest BCUT2D eigenvalue weighted by Gasteiger charge is 2.06. The van der Waals surface area contributed by atoms with Crippen LogP contribution in [-0.4, -0.2) is 9.55 Å². The summed E-state index contributed by atoms with van der Waals surface area (Å²) < 4.78 is 1.79. The van der Waals surface area contributed by atoms with Crippen molar-refractivity contribution in [2.24, 2.45) is 0 Å². The van der Waals surface area contributed by atoms with E-state index in [1.807, 2.05) is 18.2 Å². The molecule has 0 spiro atoms. The van der Waals surface area contributed by atoms with Crippen LogP contribution in [0.25, 0.3) is 0 Å². The van der Waals surface area contributed by atoms with E-state index < -0.39 is 0 Å². The van der Waals surface area contributed by atoms with Gasteiger partial charge < -0.3 is 10.3 Å². The van der Waals surface area contributed by atoms with Gasteiger partial charge in [0.1, 0.15) is 5.82 Å². The first kappa shape index (κ1) is 11.3. The third kappa shape index (κ3) is 2.67. The zero-order valence-electron chi connectivity index (χ0n) is 9.63. The lowest BCUT2D eigenvalue weighted by Crippen LogP contribution is -2.02. The topological polar surface area (TPSA) is 43.8 Å². The second kappa shape index (κ2) is 5.22. The van der Waals surface area contributed by atoms with Crippen LogP contribution < -0.4 is 5.73 Å². The summed E-state index contributed by atoms with van der Waals surface area (Å²) in [6, 6.07) is 10.3. The molecule has 2 rings (SSSR count). The second-order valence-corrected chi connectivity index (χ2v) is 3.89. The number of anilines is 1. The van der Waals surface area contributed by atoms with Crippen molar-refractivity contribution in [2.45, 2.75) is 19.4 Å². The number of aromatic nitrogens is 2. The average molecular weight is 225 g/mol. The first-order valence-electron chi connectivity index (χ1n) is 5.58. The molecule has 1 heterocycles. The SMILES string of the molecule is C#CCn1cnc(CCc2ccccc2)c1N. The van der Waals surface area contributed by atoms with Gasteiger partial charge in [-0.25, -0.2) is 4.98 Å². The minimum Gasteiger partial charge on any atom is -0.384 e. The fourth-order valence-corrected chi connectivity index (χ4v) is 1.76. The highest BCUT2D eigenvalue weighted by molar-refractivity contribution is 5.37. The molecule has 0 aliphatic heterocycles. The Morgan fingerprint density at radius 1 is 1.24 bits per heavy atom. The predicted molar refractivity (Wildman–Crippen MR) is 69.3 cm³/mol. The lowest BCUT2D eigenvalue weighted by Gasteiger charge is -2.02. The van der Waals surface area contributed by atoms with Crippen molar-refractivity contribution in [1.82, 2.24) is 9.55 Å². The number of rotatable bonds is 4. The number of nitrogens with two attached hydrogens (primary N) is 1. The Balaban J connectivity index is 2.03. The molecular weight excluding hydrogens is 210 g/mol. The Morgan fingerprint density at radius 2 is 2.00 bits per heavy atom. The lowest BCUT2D eigenvalue weighted by atomic mass is 10.1. The van der Waals surface area contributed by atoms with Crippen molar-refractivity contribution < 1.29 is 0 Å². The van der Waals surface area contributed by atoms with Gasteiger partial charge in [0, 0.05) is 0 Å². The smallest absolute Gasteiger partial charge is 0.127 e. The molecule has 0 saturated heterocycles. The van der Waals surface area contributed by atoms with Gasteiger partial charge in [-0.1, -0.05) is 36.3 Å². The molecule has 0 radical (unpaired) electrons. The molecule has 3 heteroatoms. The van der Waals surface area contributed by atoms with Gasteiger partial charge in [-0.2, -0.15) is 0 Å². The van der Waals surface area contributed by atoms with Crippen molar-refractivity contribution in [1.29, 1.82) is 0 Å². The van der Waals surface area contributed by atoms with E-state index in [1.165, 1.54) is 5.56 Å². The Bertz CT molecular complexity index is 520. The second-order valence-electron chi connectivity index (χ2n) is 3.89. The molecule has 3 nitrogen and oxygen atoms in total. The van der Waals surface area contributed by atoms with Crippen molar-refractivity contribution >= 4 is 5.82 Å². The van der Waals surface area contributed by atoms with Gasteiger partial charge in [0.25, 0.3) is 0 Å². The molecule has 17 heavy (non-hydrogen) atoms. The Labute approximate surface area is 101 Å². The van der Waals surface area contributed by atoms with E-state index >= 15 is 0 Å². The summed E-state index contributed by atoms with van der Waals surface area (Å²) in [6.45, 7) is 0.476. The van der Waals surface area contributed by atoms with Gasteiger partial charge in [0.05, 0.1) is 18.6 Å². The molecule has 0 unspecified atom stereocenters. The lowest BCUT2D eigenvalue weighted by molar-refractivity contribution is 0.850. The highest BCUT2D eigenvalue weighted by atomic mass is 15.1. The van der Waals surface area contributed by atoms with Gasteiger partial charge in [-0.15, -0.1) is 6.42 Å². The first-order chi connectivity index (χ1) is 8.31. The third-order valence-electron chi connectivity index (χ3n) is 2.71. The predicted octanol–water partition coefficient (Wildman–Crippen LogP) is 1.88. The van der Waals surface area contributed by atoms with Crippen LogP contribution in [0.15, 0.2) is 36.7 Å². The van der Waals surface area contributed by atoms with Crippen LogP contribution in [0.4, 0.5) is 5.82 Å². The Hall–Kier alpha value is -2.21. The molecule has 0 amide bonds. The van der Waals surface area contributed by atoms with Gasteiger partial charge in [0.2, 0.25) is 0 Å². The maximum atomic E-state index is 5.96. The summed E-state index contributed by atoms with van der Waals surface area (Å²) in [4.78, 5) is 4.29. The zero-order valence-corrected chi connectivity index (χ0v) is 9.63. The molecule has 0 fully saturated rings. The van der Waals surface area contributed by atoms with Crippen LogP contribution in [0.1, 0.15) is 11.3 Å². The molecule has 2 aromatic rings. The van der Waals surface area contributed by atoms with Gasteiger partial charge in [0.15, 0.2) is 0 Å². The number of nitrogens with zero attached hydrogens (tertiary/aromatic N) is 2. The molecule has 0 bridgehead atoms. The van der Waals surface area contributed by atoms with Gasteiger partial charge >= 0.3 is 0 Å². The zero-order chi connectivity index (χ0) is 12.1. The molecular formula is C14H15N3. The van der Waals surface area contributed by atoms with E-state index in [1.54, 1.807) is 10.9 Å². The Kier molecular flexibility index (Phi) is 3.46. The maximum absolute atomic E-state index is 5.96. The van der Waals surface area contributed by atoms with Crippen molar-refractivity contribution in [2.75, 3.05) is 5.73 Å². The summed E-state index contributed by atoms with van der Waals surface area (Å²) in [6.07, 6.45) is 8.74. The fourth-order valence-electron chi connectivity index (χ4n) is 1.76. The van der Waals surface area contributed by atoms with Crippen LogP contribution in [0.5, 0.6) is 0 Å². The van der Waals surface area contributed by atoms with Crippen LogP contribution >= 0.6 is 0 Å². The van der Waals surface area contributed by atoms with Crippen molar-refractivity contribution in [3.8, 4) is 12.3 Å². The van der Waals surface area contributed by atoms with Crippen LogP contribution in [0.2, 0.25) is 0 Å². The van der Waals surface area contributed by atoms with Gasteiger partial charge in [-0.3, -0.25) is 0 Å². The molecule has 0 aliphatic rings. The Morgan fingerprint density at radius 3 is 2.71 bits per heavy atom. The molecule has 0 atom stereocenters. The number of hydrogen-bond donors (Lipinski definition) is 1. The molecule has 1 aromatic carbocycles. The van der Waals surface area contributed by atoms with E-state index in [9.17, 15) is 0 Å². The number of imidazole rings is 1. The third-order valence-corrected chi connectivity index (χ3v) is 2.71. The minimum absolute atomic E-state index is 0.476. The summed E-state index contributed by atoms with van der Waals surface area (Å²) in [7, 11) is 0. The number of nitrogen functional groups attached to an aromatic ring is 1. The van der Waals surface area contributed by atoms with E-state index in [0.717, 1.165) is 18.5 Å². The van der Waals surface area contributed by atoms with Crippen LogP contribution in [0, 0.1) is 12.3 Å². The van der Waals surface area contributed by atoms with E-state index in [-0.39, 0.29) is 0 Å². The minimum atomic E-state index is 0.476. The molecule has 1 aromatic heterocycles. The fraction of sp³-hybridized carbons (Fsp3) is 0.214. The first-order valence-corrected chi connectivity index (χ1v) is 5.58. The van der Waals surface area contributed by atoms with Crippen LogP contribution in [-0.2, 0) is 19.4 Å². The van der Waals surface area contributed by atoms with Crippen molar-refractivity contribution in [3.63, 3.8) is 0 Å². The average Bonchev–Trinajstić information content (AvgIpc) is 2.70. The number of terminal acetylenes is 1. The van der Waals surface area contributed by atoms with E-state index in [0.29, 0.717) is 12.4 Å².